The van der Waals surface area contributed by atoms with E-state index in [1.54, 1.807) is 0 Å². The number of hydrogen-bond acceptors (Lipinski definition) is 4. The lowest BCUT2D eigenvalue weighted by Gasteiger charge is -2.39. The molecule has 1 fully saturated rings. The quantitative estimate of drug-likeness (QED) is 0.383. The van der Waals surface area contributed by atoms with Gasteiger partial charge in [-0.1, -0.05) is 34.1 Å². The Morgan fingerprint density at radius 1 is 1.13 bits per heavy atom. The third kappa shape index (κ3) is 11.9. The van der Waals surface area contributed by atoms with Crippen molar-refractivity contribution in [3.05, 3.63) is 0 Å². The zero-order valence-corrected chi connectivity index (χ0v) is 17.5. The van der Waals surface area contributed by atoms with Gasteiger partial charge in [-0.15, -0.1) is 0 Å². The first kappa shape index (κ1) is 25.0. The van der Waals surface area contributed by atoms with Crippen molar-refractivity contribution in [3.63, 3.8) is 0 Å². The minimum atomic E-state index is -1.03. The number of nitrogens with zero attached hydrogens (tertiary/aromatic N) is 2. The van der Waals surface area contributed by atoms with Crippen molar-refractivity contribution in [2.75, 3.05) is 6.61 Å². The molecule has 0 N–H and O–H groups in total. The number of hydrogen-bond donors (Lipinski definition) is 0. The summed E-state index contributed by atoms with van der Waals surface area (Å²) in [5.74, 6) is 0. The second-order valence-electron chi connectivity index (χ2n) is 5.91. The molecule has 138 valence electrons. The molecule has 0 bridgehead atoms. The van der Waals surface area contributed by atoms with Crippen LogP contribution >= 0.6 is 8.53 Å². The van der Waals surface area contributed by atoms with Gasteiger partial charge in [0, 0.05) is 12.1 Å². The summed E-state index contributed by atoms with van der Waals surface area (Å²) in [6.07, 6.45) is 5.58. The fourth-order valence-corrected chi connectivity index (χ4v) is 3.67. The Bertz CT molecular complexity index is 281. The Hall–Kier alpha value is -0.200. The molecular formula is C18H39N2O2P. The number of rotatable bonds is 8. The predicted octanol–water partition coefficient (Wildman–Crippen LogP) is 6.27. The average Bonchev–Trinajstić information content (AvgIpc) is 2.45. The summed E-state index contributed by atoms with van der Waals surface area (Å²) < 4.78 is 14.2. The third-order valence-electron chi connectivity index (χ3n) is 2.95. The predicted molar refractivity (Wildman–Crippen MR) is 101 cm³/mol. The summed E-state index contributed by atoms with van der Waals surface area (Å²) in [5.41, 5.74) is 0. The van der Waals surface area contributed by atoms with Gasteiger partial charge in [-0.05, 0) is 47.0 Å². The Labute approximate surface area is 146 Å². The molecule has 1 aliphatic rings. The lowest BCUT2D eigenvalue weighted by molar-refractivity contribution is 0.0837. The van der Waals surface area contributed by atoms with Gasteiger partial charge in [0.25, 0.3) is 8.53 Å². The van der Waals surface area contributed by atoms with Gasteiger partial charge >= 0.3 is 0 Å². The highest BCUT2D eigenvalue weighted by atomic mass is 31.2. The van der Waals surface area contributed by atoms with Crippen LogP contribution in [0.25, 0.3) is 0 Å². The monoisotopic (exact) mass is 346 g/mol. The summed E-state index contributed by atoms with van der Waals surface area (Å²) in [6.45, 7) is 17.4. The second-order valence-corrected chi connectivity index (χ2v) is 7.32. The second kappa shape index (κ2) is 16.7. The van der Waals surface area contributed by atoms with Gasteiger partial charge in [0.15, 0.2) is 0 Å². The van der Waals surface area contributed by atoms with E-state index in [0.29, 0.717) is 31.2 Å². The van der Waals surface area contributed by atoms with Crippen molar-refractivity contribution >= 4 is 8.53 Å². The third-order valence-corrected chi connectivity index (χ3v) is 5.14. The smallest absolute Gasteiger partial charge is 0.259 e. The molecule has 0 aromatic heterocycles. The van der Waals surface area contributed by atoms with Gasteiger partial charge in [0.2, 0.25) is 0 Å². The van der Waals surface area contributed by atoms with Crippen LogP contribution in [0.5, 0.6) is 0 Å². The van der Waals surface area contributed by atoms with Crippen molar-refractivity contribution in [1.29, 1.82) is 5.26 Å². The summed E-state index contributed by atoms with van der Waals surface area (Å²) in [5, 5.41) is 8.60. The Morgan fingerprint density at radius 2 is 1.61 bits per heavy atom. The highest BCUT2D eigenvalue weighted by Crippen LogP contribution is 2.49. The zero-order valence-electron chi connectivity index (χ0n) is 16.6. The highest BCUT2D eigenvalue weighted by molar-refractivity contribution is 7.44. The van der Waals surface area contributed by atoms with E-state index in [9.17, 15) is 0 Å². The van der Waals surface area contributed by atoms with E-state index in [0.717, 1.165) is 12.8 Å². The van der Waals surface area contributed by atoms with Gasteiger partial charge in [0.05, 0.1) is 25.2 Å². The van der Waals surface area contributed by atoms with Crippen molar-refractivity contribution in [2.24, 2.45) is 0 Å². The van der Waals surface area contributed by atoms with Crippen LogP contribution in [-0.2, 0) is 9.05 Å². The van der Waals surface area contributed by atoms with E-state index in [-0.39, 0.29) is 0 Å². The summed E-state index contributed by atoms with van der Waals surface area (Å²) in [6, 6.07) is 2.89. The molecule has 4 nitrogen and oxygen atoms in total. The molecule has 23 heavy (non-hydrogen) atoms. The molecule has 1 rings (SSSR count). The first-order chi connectivity index (χ1) is 11.0. The van der Waals surface area contributed by atoms with Crippen LogP contribution in [0, 0.1) is 11.3 Å². The fourth-order valence-electron chi connectivity index (χ4n) is 1.90. The van der Waals surface area contributed by atoms with Crippen LogP contribution in [0.1, 0.15) is 87.5 Å². The van der Waals surface area contributed by atoms with E-state index >= 15 is 0 Å². The van der Waals surface area contributed by atoms with Gasteiger partial charge in [-0.2, -0.15) is 5.26 Å². The maximum Gasteiger partial charge on any atom is 0.259 e. The summed E-state index contributed by atoms with van der Waals surface area (Å²) in [7, 11) is -1.03. The molecule has 0 heterocycles. The van der Waals surface area contributed by atoms with Gasteiger partial charge in [-0.3, -0.25) is 0 Å². The summed E-state index contributed by atoms with van der Waals surface area (Å²) in [4.78, 5) is 0. The molecule has 1 saturated carbocycles. The molecule has 0 aromatic rings. The molecule has 1 aliphatic carbocycles. The van der Waals surface area contributed by atoms with Crippen LogP contribution in [0.2, 0.25) is 0 Å². The number of nitriles is 1. The minimum Gasteiger partial charge on any atom is -0.321 e. The molecule has 0 spiro atoms. The topological polar surface area (TPSA) is 45.5 Å². The van der Waals surface area contributed by atoms with Crippen LogP contribution in [0.3, 0.4) is 0 Å². The molecule has 0 amide bonds. The van der Waals surface area contributed by atoms with E-state index in [1.165, 1.54) is 12.8 Å². The normalized spacial score (nSPS) is 15.2. The maximum absolute atomic E-state index is 8.60. The van der Waals surface area contributed by atoms with Gasteiger partial charge < -0.3 is 9.05 Å². The van der Waals surface area contributed by atoms with Gasteiger partial charge in [-0.25, -0.2) is 4.67 Å². The van der Waals surface area contributed by atoms with Crippen LogP contribution in [0.4, 0.5) is 0 Å². The average molecular weight is 346 g/mol. The highest BCUT2D eigenvalue weighted by Gasteiger charge is 2.31. The van der Waals surface area contributed by atoms with E-state index in [4.69, 9.17) is 14.3 Å². The first-order valence-corrected chi connectivity index (χ1v) is 10.4. The molecule has 0 aromatic carbocycles. The maximum atomic E-state index is 8.60. The fraction of sp³-hybridized carbons (Fsp3) is 0.944. The van der Waals surface area contributed by atoms with Crippen LogP contribution < -0.4 is 0 Å². The molecular weight excluding hydrogens is 307 g/mol. The molecule has 0 saturated heterocycles. The van der Waals surface area contributed by atoms with Crippen LogP contribution in [-0.4, -0.2) is 29.5 Å². The van der Waals surface area contributed by atoms with Crippen molar-refractivity contribution in [1.82, 2.24) is 4.67 Å². The first-order valence-electron chi connectivity index (χ1n) is 9.22. The van der Waals surface area contributed by atoms with Crippen LogP contribution in [0.15, 0.2) is 0 Å². The molecule has 1 unspecified atom stereocenters. The standard InChI is InChI=1S/C13H25N2O2P.C3H8.C2H6/c1-11(2)15(12(3)4)18(16-10-6-9-14)17-13-7-5-8-13;1-3-2;1-2/h11-13H,5-8,10H2,1-4H3;3H2,1-2H3;1-2H3. The summed E-state index contributed by atoms with van der Waals surface area (Å²) >= 11 is 0. The van der Waals surface area contributed by atoms with E-state index in [1.807, 2.05) is 13.8 Å². The van der Waals surface area contributed by atoms with E-state index in [2.05, 4.69) is 52.3 Å². The largest absolute Gasteiger partial charge is 0.321 e. The molecule has 5 heteroatoms. The van der Waals surface area contributed by atoms with Crippen molar-refractivity contribution in [2.45, 2.75) is 106 Å². The SMILES string of the molecule is CC.CC(C)N(C(C)C)P(OCCC#N)OC1CCC1.CCC. The Balaban J connectivity index is 0. The lowest BCUT2D eigenvalue weighted by atomic mass is 9.97. The Kier molecular flexibility index (Phi) is 18.1. The molecule has 0 aliphatic heterocycles. The lowest BCUT2D eigenvalue weighted by Crippen LogP contribution is -2.35. The minimum absolute atomic E-state index is 0.359. The van der Waals surface area contributed by atoms with Gasteiger partial charge in [0.1, 0.15) is 0 Å². The Morgan fingerprint density at radius 3 is 1.91 bits per heavy atom. The molecule has 0 radical (unpaired) electrons. The van der Waals surface area contributed by atoms with Crippen molar-refractivity contribution < 1.29 is 9.05 Å². The van der Waals surface area contributed by atoms with Crippen molar-refractivity contribution in [3.8, 4) is 6.07 Å². The zero-order chi connectivity index (χ0) is 18.3. The molecule has 1 atom stereocenters. The van der Waals surface area contributed by atoms with E-state index < -0.39 is 8.53 Å².